The van der Waals surface area contributed by atoms with Crippen LogP contribution in [0, 0.1) is 14.3 Å². The minimum absolute atomic E-state index is 0.0650. The van der Waals surface area contributed by atoms with Crippen LogP contribution in [0.4, 0.5) is 0 Å². The summed E-state index contributed by atoms with van der Waals surface area (Å²) in [7, 11) is 1.23. The first-order valence-corrected chi connectivity index (χ1v) is 15.9. The first kappa shape index (κ1) is 33.0. The van der Waals surface area contributed by atoms with Gasteiger partial charge in [-0.3, -0.25) is 24.5 Å². The van der Waals surface area contributed by atoms with Gasteiger partial charge in [-0.1, -0.05) is 0 Å². The molecule has 0 spiro atoms. The third-order valence-electron chi connectivity index (χ3n) is 5.51. The molecule has 1 heterocycles. The average molecular weight is 1000 g/mol. The maximum absolute atomic E-state index is 12.5. The number of hydrogen-bond acceptors (Lipinski definition) is 9. The average Bonchev–Trinajstić information content (AvgIpc) is 3.19. The number of nitrogens with one attached hydrogen (secondary N) is 2. The number of carbonyl (C=O) groups excluding carboxylic acids is 5. The lowest BCUT2D eigenvalue weighted by molar-refractivity contribution is -0.154. The van der Waals surface area contributed by atoms with Gasteiger partial charge in [-0.05, 0) is 127 Å². The molecule has 1 aliphatic rings. The Labute approximate surface area is 283 Å². The third-order valence-corrected chi connectivity index (χ3v) is 8.76. The molecule has 3 amide bonds. The number of benzene rings is 2. The standard InChI is InChI=1S/C25H22I4N2O9/c1-38-25(37)17(30-19(32)3-2-4-21(34)40-18-10-20(33)31-24(18)36)7-11-5-15(28)23(16(29)6-11)39-12-8-13(26)22(35)14(27)9-12/h5-6,8-9,17-18,35H,2-4,7,10H2,1H3,(H,30,32)(H,31,33,36)/t17-,18?/m0/s1. The largest absolute Gasteiger partial charge is 0.506 e. The zero-order valence-corrected chi connectivity index (χ0v) is 29.4. The van der Waals surface area contributed by atoms with Crippen LogP contribution in [0.1, 0.15) is 31.2 Å². The molecule has 40 heavy (non-hydrogen) atoms. The lowest BCUT2D eigenvalue weighted by atomic mass is 10.1. The summed E-state index contributed by atoms with van der Waals surface area (Å²) >= 11 is 8.32. The van der Waals surface area contributed by atoms with Gasteiger partial charge >= 0.3 is 11.9 Å². The number of phenols is 1. The molecule has 0 aromatic heterocycles. The molecule has 1 fully saturated rings. The predicted molar refractivity (Wildman–Crippen MR) is 175 cm³/mol. The molecule has 0 saturated carbocycles. The van der Waals surface area contributed by atoms with Crippen LogP contribution in [0.2, 0.25) is 0 Å². The first-order valence-electron chi connectivity index (χ1n) is 11.6. The fourth-order valence-electron chi connectivity index (χ4n) is 3.62. The Balaban J connectivity index is 1.59. The summed E-state index contributed by atoms with van der Waals surface area (Å²) < 4.78 is 18.8. The zero-order chi connectivity index (χ0) is 29.6. The number of carbonyl (C=O) groups is 5. The van der Waals surface area contributed by atoms with Gasteiger partial charge in [-0.2, -0.15) is 0 Å². The number of methoxy groups -OCH3 is 1. The van der Waals surface area contributed by atoms with E-state index in [9.17, 15) is 29.1 Å². The Kier molecular flexibility index (Phi) is 12.5. The van der Waals surface area contributed by atoms with Gasteiger partial charge in [0.05, 0.1) is 27.8 Å². The van der Waals surface area contributed by atoms with Crippen molar-refractivity contribution in [1.82, 2.24) is 10.6 Å². The van der Waals surface area contributed by atoms with E-state index in [1.54, 1.807) is 12.1 Å². The summed E-state index contributed by atoms with van der Waals surface area (Å²) in [5.74, 6) is -1.57. The Hall–Kier alpha value is -1.49. The Morgan fingerprint density at radius 1 is 1.02 bits per heavy atom. The minimum Gasteiger partial charge on any atom is -0.506 e. The molecule has 3 N–H and O–H groups in total. The molecule has 2 aromatic rings. The lowest BCUT2D eigenvalue weighted by Crippen LogP contribution is -2.43. The molecule has 0 bridgehead atoms. The summed E-state index contributed by atoms with van der Waals surface area (Å²) in [6.07, 6.45) is -1.28. The molecule has 0 aliphatic carbocycles. The van der Waals surface area contributed by atoms with E-state index >= 15 is 0 Å². The van der Waals surface area contributed by atoms with Crippen molar-refractivity contribution in [2.45, 2.75) is 44.2 Å². The number of rotatable bonds is 11. The topological polar surface area (TPSA) is 157 Å². The van der Waals surface area contributed by atoms with Gasteiger partial charge in [0.1, 0.15) is 17.5 Å². The fourth-order valence-corrected chi connectivity index (χ4v) is 7.45. The Morgan fingerprint density at radius 3 is 2.20 bits per heavy atom. The predicted octanol–water partition coefficient (Wildman–Crippen LogP) is 3.93. The highest BCUT2D eigenvalue weighted by atomic mass is 127. The van der Waals surface area contributed by atoms with Gasteiger partial charge in [0.25, 0.3) is 5.91 Å². The van der Waals surface area contributed by atoms with Crippen LogP contribution in [-0.2, 0) is 39.9 Å². The lowest BCUT2D eigenvalue weighted by Gasteiger charge is -2.18. The van der Waals surface area contributed by atoms with Crippen molar-refractivity contribution >= 4 is 120 Å². The maximum atomic E-state index is 12.5. The molecule has 3 rings (SSSR count). The molecule has 15 heteroatoms. The number of halogens is 4. The number of amides is 3. The van der Waals surface area contributed by atoms with Crippen LogP contribution in [0.5, 0.6) is 17.2 Å². The van der Waals surface area contributed by atoms with Crippen LogP contribution in [0.15, 0.2) is 24.3 Å². The second-order valence-electron chi connectivity index (χ2n) is 8.52. The van der Waals surface area contributed by atoms with Gasteiger partial charge in [-0.15, -0.1) is 0 Å². The molecule has 1 aliphatic heterocycles. The van der Waals surface area contributed by atoms with Crippen molar-refractivity contribution in [2.75, 3.05) is 7.11 Å². The second kappa shape index (κ2) is 15.1. The van der Waals surface area contributed by atoms with Crippen molar-refractivity contribution in [3.05, 3.63) is 44.1 Å². The first-order chi connectivity index (χ1) is 18.9. The highest BCUT2D eigenvalue weighted by Crippen LogP contribution is 2.37. The summed E-state index contributed by atoms with van der Waals surface area (Å²) in [5.41, 5.74) is 0.764. The Bertz CT molecular complexity index is 1310. The summed E-state index contributed by atoms with van der Waals surface area (Å²) in [4.78, 5) is 59.6. The van der Waals surface area contributed by atoms with Crippen molar-refractivity contribution in [2.24, 2.45) is 0 Å². The van der Waals surface area contributed by atoms with E-state index in [1.165, 1.54) is 7.11 Å². The SMILES string of the molecule is COC(=O)[C@H](Cc1cc(I)c(Oc2cc(I)c(O)c(I)c2)c(I)c1)NC(=O)CCCC(=O)OC1CC(=O)NC1=O. The van der Waals surface area contributed by atoms with Gasteiger partial charge in [0, 0.05) is 19.3 Å². The normalized spacial score (nSPS) is 15.3. The number of phenolic OH excluding ortho intramolecular Hbond substituents is 1. The van der Waals surface area contributed by atoms with E-state index in [4.69, 9.17) is 14.2 Å². The molecule has 11 nitrogen and oxygen atoms in total. The zero-order valence-electron chi connectivity index (χ0n) is 20.7. The van der Waals surface area contributed by atoms with E-state index < -0.39 is 41.8 Å². The van der Waals surface area contributed by atoms with Crippen molar-refractivity contribution in [3.63, 3.8) is 0 Å². The quantitative estimate of drug-likeness (QED) is 0.173. The van der Waals surface area contributed by atoms with Crippen LogP contribution in [-0.4, -0.2) is 54.0 Å². The van der Waals surface area contributed by atoms with Crippen LogP contribution in [0.25, 0.3) is 0 Å². The number of ether oxygens (including phenoxy) is 3. The molecule has 2 aromatic carbocycles. The third kappa shape index (κ3) is 9.26. The van der Waals surface area contributed by atoms with Gasteiger partial charge in [0.2, 0.25) is 11.8 Å². The van der Waals surface area contributed by atoms with Gasteiger partial charge in [-0.25, -0.2) is 4.79 Å². The van der Waals surface area contributed by atoms with Gasteiger partial charge in [0.15, 0.2) is 11.9 Å². The summed E-state index contributed by atoms with van der Waals surface area (Å²) in [6.45, 7) is 0. The van der Waals surface area contributed by atoms with Crippen molar-refractivity contribution in [1.29, 1.82) is 0 Å². The molecule has 1 unspecified atom stereocenters. The van der Waals surface area contributed by atoms with Crippen molar-refractivity contribution in [3.8, 4) is 17.2 Å². The minimum atomic E-state index is -1.14. The number of esters is 2. The highest BCUT2D eigenvalue weighted by Gasteiger charge is 2.33. The monoisotopic (exact) mass is 1000 g/mol. The molecule has 1 saturated heterocycles. The van der Waals surface area contributed by atoms with Crippen molar-refractivity contribution < 1.29 is 43.3 Å². The van der Waals surface area contributed by atoms with E-state index in [-0.39, 0.29) is 37.9 Å². The van der Waals surface area contributed by atoms with Crippen LogP contribution >= 0.6 is 90.4 Å². The van der Waals surface area contributed by atoms with E-state index in [1.807, 2.05) is 57.3 Å². The Morgan fingerprint density at radius 2 is 1.65 bits per heavy atom. The molecule has 2 atom stereocenters. The number of hydrogen-bond donors (Lipinski definition) is 3. The summed E-state index contributed by atoms with van der Waals surface area (Å²) in [5, 5.41) is 14.7. The summed E-state index contributed by atoms with van der Waals surface area (Å²) in [6, 6.07) is 6.18. The molecule has 214 valence electrons. The van der Waals surface area contributed by atoms with E-state index in [2.05, 4.69) is 55.8 Å². The molecule has 0 radical (unpaired) electrons. The van der Waals surface area contributed by atoms with E-state index in [0.29, 0.717) is 18.6 Å². The van der Waals surface area contributed by atoms with Crippen LogP contribution in [0.3, 0.4) is 0 Å². The molecular weight excluding hydrogens is 980 g/mol. The smallest absolute Gasteiger partial charge is 0.328 e. The van der Waals surface area contributed by atoms with Crippen LogP contribution < -0.4 is 15.4 Å². The van der Waals surface area contributed by atoms with E-state index in [0.717, 1.165) is 12.7 Å². The second-order valence-corrected chi connectivity index (χ2v) is 13.2. The molecular formula is C25H22I4N2O9. The number of aromatic hydroxyl groups is 1. The fraction of sp³-hybridized carbons (Fsp3) is 0.320. The highest BCUT2D eigenvalue weighted by molar-refractivity contribution is 14.1. The maximum Gasteiger partial charge on any atom is 0.328 e. The van der Waals surface area contributed by atoms with Gasteiger partial charge < -0.3 is 24.6 Å². The number of imide groups is 1.